The van der Waals surface area contributed by atoms with E-state index in [1.807, 2.05) is 0 Å². The van der Waals surface area contributed by atoms with Crippen molar-refractivity contribution in [3.8, 4) is 0 Å². The summed E-state index contributed by atoms with van der Waals surface area (Å²) in [6, 6.07) is 0. The first-order valence-corrected chi connectivity index (χ1v) is 1.55. The second-order valence-corrected chi connectivity index (χ2v) is 0.965. The van der Waals surface area contributed by atoms with Crippen molar-refractivity contribution in [2.24, 2.45) is 0 Å². The molecule has 7 heavy (non-hydrogen) atoms. The third-order valence-corrected chi connectivity index (χ3v) is 0.349. The summed E-state index contributed by atoms with van der Waals surface area (Å²) in [5, 5.41) is 0. The molecule has 0 aromatic carbocycles. The minimum atomic E-state index is -0.356. The molecule has 1 nitrogen and oxygen atoms in total. The van der Waals surface area contributed by atoms with E-state index in [9.17, 15) is 4.79 Å². The van der Waals surface area contributed by atoms with Crippen molar-refractivity contribution in [1.82, 2.24) is 0 Å². The third kappa shape index (κ3) is 18.8. The Balaban J connectivity index is -0.0000000800. The van der Waals surface area contributed by atoms with Crippen molar-refractivity contribution in [3.63, 3.8) is 0 Å². The summed E-state index contributed by atoms with van der Waals surface area (Å²) in [6.45, 7) is 3.12. The van der Waals surface area contributed by atoms with Crippen molar-refractivity contribution in [3.05, 3.63) is 12.7 Å². The molecule has 0 N–H and O–H groups in total. The van der Waals surface area contributed by atoms with Crippen LogP contribution in [0.2, 0.25) is 0 Å². The largest absolute Gasteiger partial charge is 0 e. The summed E-state index contributed by atoms with van der Waals surface area (Å²) in [4.78, 5) is 9.53. The smallest absolute Gasteiger partial charge is 0 e. The van der Waals surface area contributed by atoms with Gasteiger partial charge in [0.05, 0.1) is 0 Å². The van der Waals surface area contributed by atoms with Crippen LogP contribution in [-0.4, -0.2) is 4.75 Å². The van der Waals surface area contributed by atoms with Crippen LogP contribution in [0.25, 0.3) is 0 Å². The van der Waals surface area contributed by atoms with Crippen LogP contribution in [0.4, 0.5) is 0 Å². The summed E-state index contributed by atoms with van der Waals surface area (Å²) < 4.78 is -0.356. The summed E-state index contributed by atoms with van der Waals surface area (Å²) in [6.07, 6.45) is 1.11. The molecule has 0 heterocycles. The SMILES string of the molecule is C=C[C](=O)[Ni].[Ti].[Ti]. The minimum Gasteiger partial charge on any atom is 0 e. The Bertz CT molecular complexity index is 64.0. The number of hydrogen-bond donors (Lipinski definition) is 0. The zero-order valence-corrected chi connectivity index (χ0v) is 7.62. The Hall–Kier alpha value is 1.33. The first kappa shape index (κ1) is 15.8. The summed E-state index contributed by atoms with van der Waals surface area (Å²) in [5.41, 5.74) is 0. The summed E-state index contributed by atoms with van der Waals surface area (Å²) in [5.74, 6) is 0. The second-order valence-electron chi connectivity index (χ2n) is 0.478. The molecular formula is C3H3NiOTi2. The minimum absolute atomic E-state index is 0. The van der Waals surface area contributed by atoms with Crippen molar-refractivity contribution in [2.45, 2.75) is 0 Å². The number of allylic oxidation sites excluding steroid dienone is 1. The molecule has 0 aliphatic heterocycles. The van der Waals surface area contributed by atoms with E-state index in [-0.39, 0.29) is 48.2 Å². The van der Waals surface area contributed by atoms with Crippen LogP contribution in [-0.2, 0) is 63.7 Å². The molecule has 0 aliphatic rings. The molecule has 0 saturated carbocycles. The fourth-order valence-electron chi connectivity index (χ4n) is 0. The van der Waals surface area contributed by atoms with E-state index in [2.05, 4.69) is 22.0 Å². The van der Waals surface area contributed by atoms with Crippen molar-refractivity contribution in [2.75, 3.05) is 0 Å². The third-order valence-electron chi connectivity index (χ3n) is 0.148. The van der Waals surface area contributed by atoms with E-state index in [0.717, 1.165) is 6.08 Å². The standard InChI is InChI=1S/C3H3O.Ni.2Ti/c1-2-3-4;;;/h2H,1H2;;;. The monoisotopic (exact) mass is 209 g/mol. The van der Waals surface area contributed by atoms with Gasteiger partial charge in [-0.05, 0) is 0 Å². The molecule has 0 aromatic rings. The zero-order chi connectivity index (χ0) is 4.28. The Kier molecular flexibility index (Phi) is 23.3. The van der Waals surface area contributed by atoms with Gasteiger partial charge in [-0.3, -0.25) is 0 Å². The van der Waals surface area contributed by atoms with E-state index >= 15 is 0 Å². The number of hydrogen-bond acceptors (Lipinski definition) is 1. The number of carbonyl (C=O) groups excluding carboxylic acids is 1. The van der Waals surface area contributed by atoms with Crippen LogP contribution < -0.4 is 0 Å². The molecule has 0 spiro atoms. The van der Waals surface area contributed by atoms with Gasteiger partial charge in [-0.15, -0.1) is 0 Å². The van der Waals surface area contributed by atoms with E-state index in [4.69, 9.17) is 0 Å². The number of carbonyl (C=O) groups is 1. The molecule has 0 atom stereocenters. The molecule has 0 aliphatic carbocycles. The first-order chi connectivity index (χ1) is 2.27. The maximum Gasteiger partial charge on any atom is 0 e. The molecule has 0 saturated heterocycles. The Morgan fingerprint density at radius 2 is 1.71 bits per heavy atom. The van der Waals surface area contributed by atoms with Crippen LogP contribution in [0.15, 0.2) is 12.7 Å². The predicted molar refractivity (Wildman–Crippen MR) is 15.2 cm³/mol. The molecule has 39 valence electrons. The van der Waals surface area contributed by atoms with Crippen LogP contribution in [0, 0.1) is 0 Å². The average molecular weight is 209 g/mol. The maximum absolute atomic E-state index is 9.53. The molecule has 0 bridgehead atoms. The van der Waals surface area contributed by atoms with Gasteiger partial charge in [0.1, 0.15) is 0 Å². The van der Waals surface area contributed by atoms with E-state index in [0.29, 0.717) is 0 Å². The number of rotatable bonds is 1. The van der Waals surface area contributed by atoms with Crippen LogP contribution in [0.1, 0.15) is 0 Å². The molecule has 0 unspecified atom stereocenters. The van der Waals surface area contributed by atoms with Gasteiger partial charge in [0.15, 0.2) is 0 Å². The van der Waals surface area contributed by atoms with Crippen molar-refractivity contribution < 1.29 is 63.7 Å². The average Bonchev–Trinajstić information content (AvgIpc) is 1.38. The maximum atomic E-state index is 9.53. The van der Waals surface area contributed by atoms with Gasteiger partial charge < -0.3 is 0 Å². The molecule has 0 amide bonds. The molecule has 0 radical (unpaired) electrons. The van der Waals surface area contributed by atoms with Gasteiger partial charge in [-0.25, -0.2) is 0 Å². The normalized spacial score (nSPS) is 4.86. The zero-order valence-electron chi connectivity index (χ0n) is 3.51. The molecule has 0 fully saturated rings. The van der Waals surface area contributed by atoms with Gasteiger partial charge in [0.2, 0.25) is 0 Å². The molecule has 4 heteroatoms. The Labute approximate surface area is 80.4 Å². The van der Waals surface area contributed by atoms with Crippen molar-refractivity contribution in [1.29, 1.82) is 0 Å². The van der Waals surface area contributed by atoms with Crippen LogP contribution in [0.5, 0.6) is 0 Å². The Morgan fingerprint density at radius 1 is 1.57 bits per heavy atom. The van der Waals surface area contributed by atoms with Gasteiger partial charge >= 0.3 is 37.7 Å². The van der Waals surface area contributed by atoms with Gasteiger partial charge in [0, 0.05) is 43.4 Å². The predicted octanol–water partition coefficient (Wildman–Crippen LogP) is 0.241. The first-order valence-electron chi connectivity index (χ1n) is 1.06. The molecule has 0 rings (SSSR count). The fraction of sp³-hybridized carbons (Fsp3) is 0. The molecule has 0 aromatic heterocycles. The van der Waals surface area contributed by atoms with Gasteiger partial charge in [-0.2, -0.15) is 0 Å². The van der Waals surface area contributed by atoms with E-state index in [1.165, 1.54) is 0 Å². The van der Waals surface area contributed by atoms with Gasteiger partial charge in [0.25, 0.3) is 0 Å². The summed E-state index contributed by atoms with van der Waals surface area (Å²) >= 11 is 3.77. The quantitative estimate of drug-likeness (QED) is 0.447. The van der Waals surface area contributed by atoms with Crippen LogP contribution in [0.3, 0.4) is 0 Å². The van der Waals surface area contributed by atoms with E-state index < -0.39 is 0 Å². The fourth-order valence-corrected chi connectivity index (χ4v) is 0. The van der Waals surface area contributed by atoms with E-state index in [1.54, 1.807) is 0 Å². The second kappa shape index (κ2) is 10.3. The molecular weight excluding hydrogens is 206 g/mol. The van der Waals surface area contributed by atoms with Gasteiger partial charge in [-0.1, -0.05) is 0 Å². The topological polar surface area (TPSA) is 17.1 Å². The Morgan fingerprint density at radius 3 is 1.71 bits per heavy atom. The summed E-state index contributed by atoms with van der Waals surface area (Å²) in [7, 11) is 0. The van der Waals surface area contributed by atoms with Crippen LogP contribution >= 0.6 is 0 Å². The van der Waals surface area contributed by atoms with Crippen molar-refractivity contribution >= 4 is 4.75 Å².